The van der Waals surface area contributed by atoms with Gasteiger partial charge in [-0.25, -0.2) is 9.07 Å². The average Bonchev–Trinajstić information content (AvgIpc) is 2.69. The van der Waals surface area contributed by atoms with Gasteiger partial charge in [0, 0.05) is 11.6 Å². The van der Waals surface area contributed by atoms with Crippen LogP contribution < -0.4 is 10.9 Å². The first kappa shape index (κ1) is 18.2. The standard InChI is InChI=1S/C20H16FN3O3/c21-16-8-6-15(7-9-16)18(25)12-22-20(27)17-10-11-19(26)24(23-17)13-14-4-2-1-3-5-14/h1-11H,12-13H2,(H,22,27). The number of carbonyl (C=O) groups excluding carboxylic acids is 2. The van der Waals surface area contributed by atoms with Crippen LogP contribution in [-0.2, 0) is 6.54 Å². The lowest BCUT2D eigenvalue weighted by Gasteiger charge is -2.08. The van der Waals surface area contributed by atoms with E-state index in [-0.39, 0.29) is 30.1 Å². The summed E-state index contributed by atoms with van der Waals surface area (Å²) in [6.45, 7) is -0.0285. The minimum Gasteiger partial charge on any atom is -0.343 e. The van der Waals surface area contributed by atoms with E-state index in [1.54, 1.807) is 0 Å². The van der Waals surface area contributed by atoms with Crippen LogP contribution in [0.5, 0.6) is 0 Å². The van der Waals surface area contributed by atoms with Crippen LogP contribution in [-0.4, -0.2) is 28.0 Å². The van der Waals surface area contributed by atoms with Gasteiger partial charge in [-0.1, -0.05) is 30.3 Å². The molecule has 136 valence electrons. The molecular weight excluding hydrogens is 349 g/mol. The summed E-state index contributed by atoms with van der Waals surface area (Å²) < 4.78 is 14.1. The first-order valence-corrected chi connectivity index (χ1v) is 8.22. The molecular formula is C20H16FN3O3. The Morgan fingerprint density at radius 2 is 1.67 bits per heavy atom. The Balaban J connectivity index is 1.68. The molecule has 0 saturated carbocycles. The topological polar surface area (TPSA) is 81.1 Å². The lowest BCUT2D eigenvalue weighted by Crippen LogP contribution is -2.33. The van der Waals surface area contributed by atoms with Crippen LogP contribution in [0.3, 0.4) is 0 Å². The molecule has 0 unspecified atom stereocenters. The molecule has 1 heterocycles. The van der Waals surface area contributed by atoms with Crippen molar-refractivity contribution in [2.75, 3.05) is 6.54 Å². The highest BCUT2D eigenvalue weighted by Gasteiger charge is 2.12. The third-order valence-electron chi connectivity index (χ3n) is 3.85. The zero-order chi connectivity index (χ0) is 19.2. The van der Waals surface area contributed by atoms with Crippen LogP contribution in [0.2, 0.25) is 0 Å². The fourth-order valence-electron chi connectivity index (χ4n) is 2.43. The van der Waals surface area contributed by atoms with Gasteiger partial charge >= 0.3 is 0 Å². The molecule has 0 radical (unpaired) electrons. The van der Waals surface area contributed by atoms with Crippen molar-refractivity contribution in [2.24, 2.45) is 0 Å². The zero-order valence-corrected chi connectivity index (χ0v) is 14.3. The van der Waals surface area contributed by atoms with Gasteiger partial charge in [-0.05, 0) is 35.9 Å². The lowest BCUT2D eigenvalue weighted by molar-refractivity contribution is 0.0899. The molecule has 0 fully saturated rings. The summed E-state index contributed by atoms with van der Waals surface area (Å²) in [5.74, 6) is -1.38. The Morgan fingerprint density at radius 3 is 2.37 bits per heavy atom. The predicted molar refractivity (Wildman–Crippen MR) is 97.1 cm³/mol. The maximum atomic E-state index is 12.9. The summed E-state index contributed by atoms with van der Waals surface area (Å²) in [7, 11) is 0. The number of hydrogen-bond acceptors (Lipinski definition) is 4. The fraction of sp³-hybridized carbons (Fsp3) is 0.100. The number of aromatic nitrogens is 2. The number of carbonyl (C=O) groups is 2. The Bertz CT molecular complexity index is 1010. The Morgan fingerprint density at radius 1 is 0.963 bits per heavy atom. The highest BCUT2D eigenvalue weighted by Crippen LogP contribution is 2.04. The first-order chi connectivity index (χ1) is 13.0. The highest BCUT2D eigenvalue weighted by molar-refractivity contribution is 6.01. The number of hydrogen-bond donors (Lipinski definition) is 1. The van der Waals surface area contributed by atoms with E-state index in [0.717, 1.165) is 5.56 Å². The molecule has 1 aromatic heterocycles. The van der Waals surface area contributed by atoms with Gasteiger partial charge < -0.3 is 5.32 Å². The molecule has 27 heavy (non-hydrogen) atoms. The number of nitrogens with one attached hydrogen (secondary N) is 1. The van der Waals surface area contributed by atoms with Gasteiger partial charge in [0.05, 0.1) is 13.1 Å². The summed E-state index contributed by atoms with van der Waals surface area (Å²) >= 11 is 0. The van der Waals surface area contributed by atoms with Gasteiger partial charge in [-0.2, -0.15) is 5.10 Å². The first-order valence-electron chi connectivity index (χ1n) is 8.22. The highest BCUT2D eigenvalue weighted by atomic mass is 19.1. The second-order valence-electron chi connectivity index (χ2n) is 5.81. The van der Waals surface area contributed by atoms with Crippen LogP contribution >= 0.6 is 0 Å². The van der Waals surface area contributed by atoms with E-state index in [1.165, 1.54) is 41.1 Å². The van der Waals surface area contributed by atoms with E-state index in [9.17, 15) is 18.8 Å². The van der Waals surface area contributed by atoms with Crippen molar-refractivity contribution in [1.29, 1.82) is 0 Å². The van der Waals surface area contributed by atoms with E-state index in [2.05, 4.69) is 10.4 Å². The second-order valence-corrected chi connectivity index (χ2v) is 5.81. The van der Waals surface area contributed by atoms with Crippen molar-refractivity contribution in [3.8, 4) is 0 Å². The third-order valence-corrected chi connectivity index (χ3v) is 3.85. The summed E-state index contributed by atoms with van der Waals surface area (Å²) in [6.07, 6.45) is 0. The third kappa shape index (κ3) is 4.72. The number of amides is 1. The van der Waals surface area contributed by atoms with Crippen molar-refractivity contribution in [1.82, 2.24) is 15.1 Å². The van der Waals surface area contributed by atoms with E-state index < -0.39 is 11.7 Å². The van der Waals surface area contributed by atoms with Crippen LogP contribution in [0.1, 0.15) is 26.4 Å². The minimum atomic E-state index is -0.577. The summed E-state index contributed by atoms with van der Waals surface area (Å²) in [5.41, 5.74) is 0.852. The van der Waals surface area contributed by atoms with E-state index in [1.807, 2.05) is 30.3 Å². The quantitative estimate of drug-likeness (QED) is 0.678. The maximum Gasteiger partial charge on any atom is 0.272 e. The molecule has 7 heteroatoms. The molecule has 3 aromatic rings. The van der Waals surface area contributed by atoms with Crippen molar-refractivity contribution in [3.63, 3.8) is 0 Å². The molecule has 0 bridgehead atoms. The summed E-state index contributed by atoms with van der Waals surface area (Å²) in [5, 5.41) is 6.52. The molecule has 0 atom stereocenters. The summed E-state index contributed by atoms with van der Waals surface area (Å²) in [4.78, 5) is 36.3. The van der Waals surface area contributed by atoms with Crippen LogP contribution in [0, 0.1) is 5.82 Å². The number of ketones is 1. The van der Waals surface area contributed by atoms with Crippen LogP contribution in [0.15, 0.2) is 71.5 Å². The Kier molecular flexibility index (Phi) is 5.51. The largest absolute Gasteiger partial charge is 0.343 e. The summed E-state index contributed by atoms with van der Waals surface area (Å²) in [6, 6.07) is 16.9. The van der Waals surface area contributed by atoms with Gasteiger partial charge in [-0.3, -0.25) is 14.4 Å². The van der Waals surface area contributed by atoms with Crippen molar-refractivity contribution in [2.45, 2.75) is 6.54 Å². The monoisotopic (exact) mass is 365 g/mol. The van der Waals surface area contributed by atoms with Crippen molar-refractivity contribution < 1.29 is 14.0 Å². The van der Waals surface area contributed by atoms with Gasteiger partial charge in [0.2, 0.25) is 0 Å². The molecule has 0 aliphatic rings. The molecule has 2 aromatic carbocycles. The van der Waals surface area contributed by atoms with Crippen molar-refractivity contribution >= 4 is 11.7 Å². The molecule has 1 amide bonds. The number of halogens is 1. The van der Waals surface area contributed by atoms with E-state index in [4.69, 9.17) is 0 Å². The molecule has 0 aliphatic carbocycles. The Hall–Kier alpha value is -3.61. The van der Waals surface area contributed by atoms with Crippen LogP contribution in [0.25, 0.3) is 0 Å². The molecule has 6 nitrogen and oxygen atoms in total. The number of nitrogens with zero attached hydrogens (tertiary/aromatic N) is 2. The molecule has 0 saturated heterocycles. The van der Waals surface area contributed by atoms with Gasteiger partial charge in [-0.15, -0.1) is 0 Å². The maximum absolute atomic E-state index is 12.9. The molecule has 1 N–H and O–H groups in total. The number of rotatable bonds is 6. The Labute approximate surface area is 154 Å². The average molecular weight is 365 g/mol. The predicted octanol–water partition coefficient (Wildman–Crippen LogP) is 2.04. The SMILES string of the molecule is O=C(CNC(=O)c1ccc(=O)n(Cc2ccccc2)n1)c1ccc(F)cc1. The van der Waals surface area contributed by atoms with Gasteiger partial charge in [0.25, 0.3) is 11.5 Å². The second kappa shape index (κ2) is 8.18. The molecule has 0 spiro atoms. The fourth-order valence-corrected chi connectivity index (χ4v) is 2.43. The van der Waals surface area contributed by atoms with Crippen molar-refractivity contribution in [3.05, 3.63) is 99.7 Å². The van der Waals surface area contributed by atoms with Gasteiger partial charge in [0.1, 0.15) is 11.5 Å². The minimum absolute atomic E-state index is 0.0254. The number of benzene rings is 2. The van der Waals surface area contributed by atoms with E-state index >= 15 is 0 Å². The zero-order valence-electron chi connectivity index (χ0n) is 14.3. The normalized spacial score (nSPS) is 10.4. The number of Topliss-reactive ketones (excluding diaryl/α,β-unsaturated/α-hetero) is 1. The molecule has 0 aliphatic heterocycles. The van der Waals surface area contributed by atoms with Gasteiger partial charge in [0.15, 0.2) is 5.78 Å². The smallest absolute Gasteiger partial charge is 0.272 e. The van der Waals surface area contributed by atoms with Crippen LogP contribution in [0.4, 0.5) is 4.39 Å². The van der Waals surface area contributed by atoms with E-state index in [0.29, 0.717) is 5.56 Å². The lowest BCUT2D eigenvalue weighted by atomic mass is 10.1. The molecule has 3 rings (SSSR count).